The number of hydrogen-bond donors (Lipinski definition) is 2. The number of thioether (sulfide) groups is 1. The third-order valence-electron chi connectivity index (χ3n) is 2.46. The van der Waals surface area contributed by atoms with Crippen LogP contribution < -0.4 is 11.1 Å². The molecule has 0 unspecified atom stereocenters. The Kier molecular flexibility index (Phi) is 4.29. The smallest absolute Gasteiger partial charge is 0.257 e. The molecule has 0 aliphatic rings. The van der Waals surface area contributed by atoms with Gasteiger partial charge in [0.15, 0.2) is 0 Å². The van der Waals surface area contributed by atoms with Crippen LogP contribution in [0.1, 0.15) is 10.4 Å². The summed E-state index contributed by atoms with van der Waals surface area (Å²) >= 11 is 7.45. The average molecular weight is 294 g/mol. The largest absolute Gasteiger partial charge is 0.382 e. The van der Waals surface area contributed by atoms with Crippen LogP contribution >= 0.6 is 23.4 Å². The number of aromatic nitrogens is 1. The maximum Gasteiger partial charge on any atom is 0.257 e. The maximum absolute atomic E-state index is 12.0. The van der Waals surface area contributed by atoms with Gasteiger partial charge in [0, 0.05) is 16.8 Å². The molecule has 0 spiro atoms. The van der Waals surface area contributed by atoms with Crippen molar-refractivity contribution in [2.75, 3.05) is 17.3 Å². The third-order valence-corrected chi connectivity index (χ3v) is 3.49. The summed E-state index contributed by atoms with van der Waals surface area (Å²) in [6.45, 7) is 0. The molecule has 0 saturated carbocycles. The second-order valence-corrected chi connectivity index (χ2v) is 5.06. The van der Waals surface area contributed by atoms with Crippen molar-refractivity contribution in [2.24, 2.45) is 0 Å². The number of rotatable bonds is 3. The molecule has 0 aliphatic carbocycles. The zero-order valence-corrected chi connectivity index (χ0v) is 11.8. The molecule has 3 N–H and O–H groups in total. The molecule has 1 heterocycles. The van der Waals surface area contributed by atoms with Gasteiger partial charge in [0.1, 0.15) is 5.82 Å². The lowest BCUT2D eigenvalue weighted by atomic mass is 10.2. The molecule has 1 aromatic carbocycles. The highest BCUT2D eigenvalue weighted by Gasteiger charge is 2.09. The summed E-state index contributed by atoms with van der Waals surface area (Å²) in [5, 5.41) is 3.06. The molecule has 6 heteroatoms. The van der Waals surface area contributed by atoms with Gasteiger partial charge in [-0.25, -0.2) is 4.98 Å². The Morgan fingerprint density at radius 1 is 1.42 bits per heavy atom. The van der Waals surface area contributed by atoms with E-state index in [4.69, 9.17) is 17.3 Å². The van der Waals surface area contributed by atoms with E-state index in [1.54, 1.807) is 11.8 Å². The van der Waals surface area contributed by atoms with Crippen LogP contribution in [0.2, 0.25) is 5.02 Å². The van der Waals surface area contributed by atoms with Gasteiger partial charge in [-0.3, -0.25) is 4.79 Å². The highest BCUT2D eigenvalue weighted by molar-refractivity contribution is 7.98. The van der Waals surface area contributed by atoms with Gasteiger partial charge in [-0.2, -0.15) is 0 Å². The topological polar surface area (TPSA) is 68.0 Å². The van der Waals surface area contributed by atoms with Crippen LogP contribution in [-0.2, 0) is 0 Å². The fourth-order valence-electron chi connectivity index (χ4n) is 1.48. The van der Waals surface area contributed by atoms with Crippen LogP contribution in [0.3, 0.4) is 0 Å². The zero-order chi connectivity index (χ0) is 13.8. The number of nitrogens with zero attached hydrogens (tertiary/aromatic N) is 1. The number of pyridine rings is 1. The first-order valence-electron chi connectivity index (χ1n) is 5.46. The number of nitrogens with one attached hydrogen (secondary N) is 1. The number of nitrogen functional groups attached to an aromatic ring is 1. The molecule has 4 nitrogen and oxygen atoms in total. The molecule has 1 amide bonds. The van der Waals surface area contributed by atoms with E-state index in [1.807, 2.05) is 30.5 Å². The number of halogens is 1. The quantitative estimate of drug-likeness (QED) is 0.852. The Balaban J connectivity index is 2.18. The summed E-state index contributed by atoms with van der Waals surface area (Å²) < 4.78 is 0. The molecule has 2 rings (SSSR count). The molecule has 0 saturated heterocycles. The molecule has 98 valence electrons. The second kappa shape index (κ2) is 5.95. The van der Waals surface area contributed by atoms with E-state index in [-0.39, 0.29) is 16.7 Å². The Labute approximate surface area is 120 Å². The molecule has 0 fully saturated rings. The summed E-state index contributed by atoms with van der Waals surface area (Å²) in [5.41, 5.74) is 6.60. The van der Waals surface area contributed by atoms with Gasteiger partial charge < -0.3 is 11.1 Å². The minimum atomic E-state index is -0.271. The van der Waals surface area contributed by atoms with E-state index in [9.17, 15) is 4.79 Å². The van der Waals surface area contributed by atoms with Gasteiger partial charge in [0.2, 0.25) is 0 Å². The summed E-state index contributed by atoms with van der Waals surface area (Å²) in [4.78, 5) is 17.0. The van der Waals surface area contributed by atoms with Crippen molar-refractivity contribution in [3.05, 3.63) is 47.1 Å². The Morgan fingerprint density at radius 2 is 2.21 bits per heavy atom. The lowest BCUT2D eigenvalue weighted by Gasteiger charge is -2.07. The molecule has 0 atom stereocenters. The molecule has 0 bridgehead atoms. The first-order valence-corrected chi connectivity index (χ1v) is 7.07. The van der Waals surface area contributed by atoms with Gasteiger partial charge in [0.25, 0.3) is 5.91 Å². The van der Waals surface area contributed by atoms with Crippen molar-refractivity contribution in [1.82, 2.24) is 4.98 Å². The van der Waals surface area contributed by atoms with Gasteiger partial charge in [0.05, 0.1) is 10.6 Å². The van der Waals surface area contributed by atoms with E-state index in [2.05, 4.69) is 10.3 Å². The van der Waals surface area contributed by atoms with Crippen molar-refractivity contribution in [3.8, 4) is 0 Å². The normalized spacial score (nSPS) is 10.2. The maximum atomic E-state index is 12.0. The van der Waals surface area contributed by atoms with E-state index < -0.39 is 0 Å². The van der Waals surface area contributed by atoms with Crippen LogP contribution in [-0.4, -0.2) is 17.1 Å². The number of nitrogens with two attached hydrogens (primary N) is 1. The number of carbonyl (C=O) groups excluding carboxylic acids is 1. The minimum absolute atomic E-state index is 0.211. The first kappa shape index (κ1) is 13.7. The third kappa shape index (κ3) is 3.39. The molecule has 2 aromatic rings. The standard InChI is InChI=1S/C13H12ClN3OS/c1-19-10-4-2-3-9(6-10)17-13(18)8-5-11(14)12(15)16-7-8/h2-7H,1H3,(H2,15,16)(H,17,18). The number of amides is 1. The highest BCUT2D eigenvalue weighted by atomic mass is 35.5. The minimum Gasteiger partial charge on any atom is -0.382 e. The van der Waals surface area contributed by atoms with E-state index in [0.717, 1.165) is 10.6 Å². The van der Waals surface area contributed by atoms with E-state index in [1.165, 1.54) is 12.3 Å². The van der Waals surface area contributed by atoms with Crippen molar-refractivity contribution in [1.29, 1.82) is 0 Å². The summed E-state index contributed by atoms with van der Waals surface area (Å²) in [6.07, 6.45) is 3.37. The fourth-order valence-corrected chi connectivity index (χ4v) is 2.10. The van der Waals surface area contributed by atoms with E-state index in [0.29, 0.717) is 5.56 Å². The summed E-state index contributed by atoms with van der Waals surface area (Å²) in [7, 11) is 0. The summed E-state index contributed by atoms with van der Waals surface area (Å²) in [6, 6.07) is 9.08. The van der Waals surface area contributed by atoms with Crippen LogP contribution in [0, 0.1) is 0 Å². The van der Waals surface area contributed by atoms with Gasteiger partial charge in [-0.05, 0) is 30.5 Å². The van der Waals surface area contributed by atoms with Crippen molar-refractivity contribution in [3.63, 3.8) is 0 Å². The molecule has 1 aromatic heterocycles. The van der Waals surface area contributed by atoms with Crippen LogP contribution in [0.25, 0.3) is 0 Å². The Morgan fingerprint density at radius 3 is 2.89 bits per heavy atom. The van der Waals surface area contributed by atoms with Crippen molar-refractivity contribution < 1.29 is 4.79 Å². The molecule has 19 heavy (non-hydrogen) atoms. The predicted octanol–water partition coefficient (Wildman–Crippen LogP) is 3.29. The Bertz CT molecular complexity index is 619. The van der Waals surface area contributed by atoms with Gasteiger partial charge >= 0.3 is 0 Å². The number of hydrogen-bond acceptors (Lipinski definition) is 4. The summed E-state index contributed by atoms with van der Waals surface area (Å²) in [5.74, 6) is -0.0600. The van der Waals surface area contributed by atoms with Crippen LogP contribution in [0.4, 0.5) is 11.5 Å². The Hall–Kier alpha value is -1.72. The lowest BCUT2D eigenvalue weighted by Crippen LogP contribution is -2.12. The van der Waals surface area contributed by atoms with Crippen molar-refractivity contribution in [2.45, 2.75) is 4.90 Å². The SMILES string of the molecule is CSc1cccc(NC(=O)c2cnc(N)c(Cl)c2)c1. The number of anilines is 2. The monoisotopic (exact) mass is 293 g/mol. The molecular weight excluding hydrogens is 282 g/mol. The number of benzene rings is 1. The van der Waals surface area contributed by atoms with Gasteiger partial charge in [-0.1, -0.05) is 17.7 Å². The molecule has 0 aliphatic heterocycles. The lowest BCUT2D eigenvalue weighted by molar-refractivity contribution is 0.102. The number of carbonyl (C=O) groups is 1. The van der Waals surface area contributed by atoms with Crippen LogP contribution in [0.15, 0.2) is 41.4 Å². The van der Waals surface area contributed by atoms with Crippen LogP contribution in [0.5, 0.6) is 0 Å². The van der Waals surface area contributed by atoms with Gasteiger partial charge in [-0.15, -0.1) is 11.8 Å². The highest BCUT2D eigenvalue weighted by Crippen LogP contribution is 2.21. The first-order chi connectivity index (χ1) is 9.10. The van der Waals surface area contributed by atoms with E-state index >= 15 is 0 Å². The predicted molar refractivity (Wildman–Crippen MR) is 79.8 cm³/mol. The zero-order valence-electron chi connectivity index (χ0n) is 10.2. The van der Waals surface area contributed by atoms with Crippen molar-refractivity contribution >= 4 is 40.8 Å². The second-order valence-electron chi connectivity index (χ2n) is 3.78. The molecular formula is C13H12ClN3OS. The average Bonchev–Trinajstić information content (AvgIpc) is 2.42. The fraction of sp³-hybridized carbons (Fsp3) is 0.0769. The molecule has 0 radical (unpaired) electrons.